The second-order valence-corrected chi connectivity index (χ2v) is 4.34. The van der Waals surface area contributed by atoms with Crippen molar-refractivity contribution in [1.29, 1.82) is 0 Å². The lowest BCUT2D eigenvalue weighted by atomic mass is 10.2. The monoisotopic (exact) mass is 237 g/mol. The topological polar surface area (TPSA) is 76.2 Å². The number of hydrogen-bond acceptors (Lipinski definition) is 4. The molecular weight excluding hydrogens is 218 g/mol. The number of likely N-dealkylation sites (N-methyl/N-ethyl adjacent to an activating group) is 1. The van der Waals surface area contributed by atoms with E-state index in [4.69, 9.17) is 5.73 Å². The number of hydrogen-bond donors (Lipinski definition) is 2. The van der Waals surface area contributed by atoms with Crippen LogP contribution in [0.2, 0.25) is 0 Å². The lowest BCUT2D eigenvalue weighted by Gasteiger charge is -2.22. The van der Waals surface area contributed by atoms with Crippen molar-refractivity contribution in [2.45, 2.75) is 25.4 Å². The number of carbonyl (C=O) groups excluding carboxylic acids is 1. The fourth-order valence-corrected chi connectivity index (χ4v) is 2.29. The van der Waals surface area contributed by atoms with Crippen molar-refractivity contribution in [3.8, 4) is 0 Å². The number of likely N-dealkylation sites (tertiary alicyclic amines) is 1. The first-order valence-electron chi connectivity index (χ1n) is 5.94. The number of nitrogens with one attached hydrogen (secondary N) is 1. The predicted octanol–water partition coefficient (Wildman–Crippen LogP) is -0.324. The van der Waals surface area contributed by atoms with Gasteiger partial charge in [-0.1, -0.05) is 0 Å². The van der Waals surface area contributed by atoms with Gasteiger partial charge in [0.25, 0.3) is 0 Å². The van der Waals surface area contributed by atoms with E-state index < -0.39 is 0 Å². The largest absolute Gasteiger partial charge is 0.396 e. The van der Waals surface area contributed by atoms with Crippen molar-refractivity contribution in [3.63, 3.8) is 0 Å². The van der Waals surface area contributed by atoms with Crippen LogP contribution in [0.1, 0.15) is 12.8 Å². The molecule has 6 heteroatoms. The SMILES string of the molecule is CNC(=O)C1CCCN1CCn1cc(N)cn1. The Balaban J connectivity index is 1.88. The summed E-state index contributed by atoms with van der Waals surface area (Å²) in [6.45, 7) is 2.58. The zero-order valence-corrected chi connectivity index (χ0v) is 10.1. The van der Waals surface area contributed by atoms with E-state index in [0.29, 0.717) is 5.69 Å². The van der Waals surface area contributed by atoms with Gasteiger partial charge in [0.1, 0.15) is 0 Å². The van der Waals surface area contributed by atoms with Gasteiger partial charge in [-0.25, -0.2) is 0 Å². The van der Waals surface area contributed by atoms with Gasteiger partial charge in [-0.2, -0.15) is 5.10 Å². The fraction of sp³-hybridized carbons (Fsp3) is 0.636. The molecule has 0 bridgehead atoms. The molecule has 1 aliphatic rings. The maximum absolute atomic E-state index is 11.6. The average Bonchev–Trinajstić information content (AvgIpc) is 2.94. The van der Waals surface area contributed by atoms with Crippen LogP contribution in [0.15, 0.2) is 12.4 Å². The molecule has 94 valence electrons. The Kier molecular flexibility index (Phi) is 3.63. The Labute approximate surface area is 101 Å². The van der Waals surface area contributed by atoms with Crippen molar-refractivity contribution in [2.75, 3.05) is 25.9 Å². The van der Waals surface area contributed by atoms with Gasteiger partial charge in [-0.3, -0.25) is 14.4 Å². The summed E-state index contributed by atoms with van der Waals surface area (Å²) in [7, 11) is 1.69. The Hall–Kier alpha value is -1.56. The highest BCUT2D eigenvalue weighted by Crippen LogP contribution is 2.17. The van der Waals surface area contributed by atoms with Crippen molar-refractivity contribution >= 4 is 11.6 Å². The highest BCUT2D eigenvalue weighted by atomic mass is 16.2. The molecule has 3 N–H and O–H groups in total. The number of nitrogens with zero attached hydrogens (tertiary/aromatic N) is 3. The predicted molar refractivity (Wildman–Crippen MR) is 65.3 cm³/mol. The Morgan fingerprint density at radius 3 is 3.12 bits per heavy atom. The van der Waals surface area contributed by atoms with Crippen LogP contribution in [-0.2, 0) is 11.3 Å². The zero-order chi connectivity index (χ0) is 12.3. The maximum atomic E-state index is 11.6. The van der Waals surface area contributed by atoms with Gasteiger partial charge >= 0.3 is 0 Å². The first-order valence-corrected chi connectivity index (χ1v) is 5.94. The normalized spacial score (nSPS) is 20.6. The lowest BCUT2D eigenvalue weighted by Crippen LogP contribution is -2.43. The van der Waals surface area contributed by atoms with Crippen LogP contribution in [0.5, 0.6) is 0 Å². The highest BCUT2D eigenvalue weighted by Gasteiger charge is 2.29. The first kappa shape index (κ1) is 11.9. The van der Waals surface area contributed by atoms with E-state index in [1.165, 1.54) is 0 Å². The molecule has 1 unspecified atom stereocenters. The number of nitrogens with two attached hydrogens (primary N) is 1. The summed E-state index contributed by atoms with van der Waals surface area (Å²) < 4.78 is 1.81. The molecule has 0 spiro atoms. The van der Waals surface area contributed by atoms with E-state index in [1.807, 2.05) is 10.9 Å². The molecule has 6 nitrogen and oxygen atoms in total. The van der Waals surface area contributed by atoms with Crippen molar-refractivity contribution in [1.82, 2.24) is 20.0 Å². The van der Waals surface area contributed by atoms with Crippen LogP contribution >= 0.6 is 0 Å². The van der Waals surface area contributed by atoms with E-state index in [-0.39, 0.29) is 11.9 Å². The third-order valence-corrected chi connectivity index (χ3v) is 3.18. The van der Waals surface area contributed by atoms with Gasteiger partial charge in [-0.05, 0) is 19.4 Å². The molecule has 0 aromatic carbocycles. The van der Waals surface area contributed by atoms with Crippen LogP contribution < -0.4 is 11.1 Å². The van der Waals surface area contributed by atoms with Crippen LogP contribution in [0.4, 0.5) is 5.69 Å². The number of amides is 1. The first-order chi connectivity index (χ1) is 8.20. The minimum atomic E-state index is 0.0212. The molecule has 1 aliphatic heterocycles. The second-order valence-electron chi connectivity index (χ2n) is 4.34. The zero-order valence-electron chi connectivity index (χ0n) is 10.1. The summed E-state index contributed by atoms with van der Waals surface area (Å²) in [6.07, 6.45) is 5.48. The molecule has 1 aromatic rings. The second kappa shape index (κ2) is 5.18. The molecule has 0 aliphatic carbocycles. The minimum absolute atomic E-state index is 0.0212. The maximum Gasteiger partial charge on any atom is 0.237 e. The molecule has 17 heavy (non-hydrogen) atoms. The Bertz CT molecular complexity index is 389. The molecule has 2 rings (SSSR count). The van der Waals surface area contributed by atoms with Gasteiger partial charge in [0.15, 0.2) is 0 Å². The van der Waals surface area contributed by atoms with Crippen LogP contribution in [0, 0.1) is 0 Å². The molecule has 1 amide bonds. The fourth-order valence-electron chi connectivity index (χ4n) is 2.29. The average molecular weight is 237 g/mol. The van der Waals surface area contributed by atoms with Crippen LogP contribution in [0.3, 0.4) is 0 Å². The summed E-state index contributed by atoms with van der Waals surface area (Å²) in [4.78, 5) is 13.8. The molecule has 1 aromatic heterocycles. The van der Waals surface area contributed by atoms with Gasteiger partial charge in [0.2, 0.25) is 5.91 Å². The molecule has 1 atom stereocenters. The molecule has 0 radical (unpaired) electrons. The number of carbonyl (C=O) groups is 1. The third-order valence-electron chi connectivity index (χ3n) is 3.18. The molecule has 2 heterocycles. The summed E-state index contributed by atoms with van der Waals surface area (Å²) in [5.41, 5.74) is 6.27. The standard InChI is InChI=1S/C11H19N5O/c1-13-11(17)10-3-2-4-15(10)5-6-16-8-9(12)7-14-16/h7-8,10H,2-6,12H2,1H3,(H,13,17). The van der Waals surface area contributed by atoms with E-state index >= 15 is 0 Å². The van der Waals surface area contributed by atoms with E-state index in [9.17, 15) is 4.79 Å². The number of nitrogen functional groups attached to an aromatic ring is 1. The van der Waals surface area contributed by atoms with E-state index in [2.05, 4.69) is 15.3 Å². The van der Waals surface area contributed by atoms with Crippen LogP contribution in [0.25, 0.3) is 0 Å². The summed E-state index contributed by atoms with van der Waals surface area (Å²) >= 11 is 0. The van der Waals surface area contributed by atoms with Gasteiger partial charge in [0.05, 0.1) is 24.5 Å². The summed E-state index contributed by atoms with van der Waals surface area (Å²) in [6, 6.07) is 0.0212. The van der Waals surface area contributed by atoms with Crippen molar-refractivity contribution in [2.24, 2.45) is 0 Å². The van der Waals surface area contributed by atoms with Gasteiger partial charge in [-0.15, -0.1) is 0 Å². The van der Waals surface area contributed by atoms with Gasteiger partial charge in [0, 0.05) is 19.8 Å². The van der Waals surface area contributed by atoms with E-state index in [1.54, 1.807) is 13.2 Å². The number of rotatable bonds is 4. The molecule has 1 saturated heterocycles. The Morgan fingerprint density at radius 1 is 1.65 bits per heavy atom. The highest BCUT2D eigenvalue weighted by molar-refractivity contribution is 5.81. The minimum Gasteiger partial charge on any atom is -0.396 e. The summed E-state index contributed by atoms with van der Waals surface area (Å²) in [5, 5.41) is 6.85. The van der Waals surface area contributed by atoms with Crippen LogP contribution in [-0.4, -0.2) is 46.8 Å². The molecule has 1 fully saturated rings. The number of aromatic nitrogens is 2. The lowest BCUT2D eigenvalue weighted by molar-refractivity contribution is -0.125. The molecular formula is C11H19N5O. The quantitative estimate of drug-likeness (QED) is 0.752. The summed E-state index contributed by atoms with van der Waals surface area (Å²) in [5.74, 6) is 0.113. The van der Waals surface area contributed by atoms with Crippen molar-refractivity contribution in [3.05, 3.63) is 12.4 Å². The third kappa shape index (κ3) is 2.76. The van der Waals surface area contributed by atoms with Crippen molar-refractivity contribution < 1.29 is 4.79 Å². The Morgan fingerprint density at radius 2 is 2.47 bits per heavy atom. The van der Waals surface area contributed by atoms with E-state index in [0.717, 1.165) is 32.5 Å². The number of anilines is 1. The molecule has 0 saturated carbocycles. The van der Waals surface area contributed by atoms with Gasteiger partial charge < -0.3 is 11.1 Å². The smallest absolute Gasteiger partial charge is 0.237 e.